The van der Waals surface area contributed by atoms with Crippen LogP contribution < -0.4 is 0 Å². The molecule has 1 saturated heterocycles. The topological polar surface area (TPSA) is 18.5 Å². The average Bonchev–Trinajstić information content (AvgIpc) is 2.34. The summed E-state index contributed by atoms with van der Waals surface area (Å²) in [5.41, 5.74) is 0. The standard InChI is InChI=1S/C14H28O2/c1-3-5-6-7-10-13(4-2)16-14-11-8-9-12-15-14/h13-14H,3-12H2,1-2H3. The van der Waals surface area contributed by atoms with Crippen molar-refractivity contribution in [3.63, 3.8) is 0 Å². The average molecular weight is 228 g/mol. The summed E-state index contributed by atoms with van der Waals surface area (Å²) in [6.07, 6.45) is 11.7. The molecule has 0 amide bonds. The SMILES string of the molecule is CCCCCCC(CC)OC1CCCCO1. The monoisotopic (exact) mass is 228 g/mol. The van der Waals surface area contributed by atoms with Gasteiger partial charge in [-0.2, -0.15) is 0 Å². The molecular weight excluding hydrogens is 200 g/mol. The number of hydrogen-bond acceptors (Lipinski definition) is 2. The molecule has 1 aliphatic rings. The maximum Gasteiger partial charge on any atom is 0.157 e. The minimum atomic E-state index is 0.0878. The van der Waals surface area contributed by atoms with Crippen molar-refractivity contribution in [2.24, 2.45) is 0 Å². The van der Waals surface area contributed by atoms with Gasteiger partial charge in [-0.05, 0) is 32.1 Å². The predicted octanol–water partition coefficient (Wildman–Crippen LogP) is 4.28. The third-order valence-corrected chi connectivity index (χ3v) is 3.32. The maximum absolute atomic E-state index is 6.00. The fraction of sp³-hybridized carbons (Fsp3) is 1.00. The highest BCUT2D eigenvalue weighted by Gasteiger charge is 2.18. The molecule has 2 nitrogen and oxygen atoms in total. The second-order valence-corrected chi connectivity index (χ2v) is 4.81. The second-order valence-electron chi connectivity index (χ2n) is 4.81. The van der Waals surface area contributed by atoms with Gasteiger partial charge in [0.25, 0.3) is 0 Å². The van der Waals surface area contributed by atoms with E-state index in [4.69, 9.17) is 9.47 Å². The molecule has 0 aromatic heterocycles. The molecule has 0 radical (unpaired) electrons. The lowest BCUT2D eigenvalue weighted by molar-refractivity contribution is -0.189. The van der Waals surface area contributed by atoms with Gasteiger partial charge in [-0.3, -0.25) is 0 Å². The van der Waals surface area contributed by atoms with E-state index in [1.54, 1.807) is 0 Å². The summed E-state index contributed by atoms with van der Waals surface area (Å²) in [5.74, 6) is 0. The van der Waals surface area contributed by atoms with Crippen molar-refractivity contribution >= 4 is 0 Å². The van der Waals surface area contributed by atoms with Crippen LogP contribution in [0.15, 0.2) is 0 Å². The van der Waals surface area contributed by atoms with Crippen LogP contribution in [0.5, 0.6) is 0 Å². The quantitative estimate of drug-likeness (QED) is 0.577. The van der Waals surface area contributed by atoms with Crippen LogP contribution in [0.25, 0.3) is 0 Å². The zero-order valence-corrected chi connectivity index (χ0v) is 11.0. The third-order valence-electron chi connectivity index (χ3n) is 3.32. The fourth-order valence-corrected chi connectivity index (χ4v) is 2.20. The number of hydrogen-bond donors (Lipinski definition) is 0. The van der Waals surface area contributed by atoms with Crippen molar-refractivity contribution in [2.45, 2.75) is 84.0 Å². The Hall–Kier alpha value is -0.0800. The molecule has 0 aromatic rings. The lowest BCUT2D eigenvalue weighted by Gasteiger charge is -2.27. The molecule has 0 spiro atoms. The molecule has 0 aliphatic carbocycles. The van der Waals surface area contributed by atoms with Crippen molar-refractivity contribution in [3.05, 3.63) is 0 Å². The zero-order chi connectivity index (χ0) is 11.6. The fourth-order valence-electron chi connectivity index (χ4n) is 2.20. The highest BCUT2D eigenvalue weighted by Crippen LogP contribution is 2.19. The first-order valence-electron chi connectivity index (χ1n) is 7.13. The number of ether oxygens (including phenoxy) is 2. The van der Waals surface area contributed by atoms with E-state index < -0.39 is 0 Å². The number of rotatable bonds is 8. The Balaban J connectivity index is 2.09. The minimum Gasteiger partial charge on any atom is -0.353 e. The number of unbranched alkanes of at least 4 members (excludes halogenated alkanes) is 3. The van der Waals surface area contributed by atoms with Crippen molar-refractivity contribution in [2.75, 3.05) is 6.61 Å². The molecular formula is C14H28O2. The van der Waals surface area contributed by atoms with Crippen molar-refractivity contribution in [1.29, 1.82) is 0 Å². The van der Waals surface area contributed by atoms with Gasteiger partial charge in [0, 0.05) is 6.61 Å². The van der Waals surface area contributed by atoms with E-state index in [1.165, 1.54) is 44.9 Å². The zero-order valence-electron chi connectivity index (χ0n) is 11.0. The Kier molecular flexibility index (Phi) is 7.87. The van der Waals surface area contributed by atoms with Crippen LogP contribution in [0, 0.1) is 0 Å². The van der Waals surface area contributed by atoms with Gasteiger partial charge in [0.05, 0.1) is 6.10 Å². The highest BCUT2D eigenvalue weighted by atomic mass is 16.7. The van der Waals surface area contributed by atoms with E-state index in [1.807, 2.05) is 0 Å². The Morgan fingerprint density at radius 3 is 2.69 bits per heavy atom. The molecule has 0 saturated carbocycles. The molecule has 2 heteroatoms. The Labute approximate surface area is 101 Å². The Bertz CT molecular complexity index is 153. The summed E-state index contributed by atoms with van der Waals surface area (Å²) in [6.45, 7) is 5.36. The molecule has 0 aromatic carbocycles. The van der Waals surface area contributed by atoms with Crippen LogP contribution in [0.4, 0.5) is 0 Å². The molecule has 1 rings (SSSR count). The molecule has 0 bridgehead atoms. The highest BCUT2D eigenvalue weighted by molar-refractivity contribution is 4.61. The molecule has 1 heterocycles. The molecule has 16 heavy (non-hydrogen) atoms. The first kappa shape index (κ1) is 14.0. The van der Waals surface area contributed by atoms with Crippen molar-refractivity contribution in [3.8, 4) is 0 Å². The van der Waals surface area contributed by atoms with E-state index in [0.717, 1.165) is 19.4 Å². The lowest BCUT2D eigenvalue weighted by Crippen LogP contribution is -2.27. The summed E-state index contributed by atoms with van der Waals surface area (Å²) in [4.78, 5) is 0. The first-order chi connectivity index (χ1) is 7.86. The largest absolute Gasteiger partial charge is 0.353 e. The molecule has 2 atom stereocenters. The van der Waals surface area contributed by atoms with Crippen LogP contribution in [0.3, 0.4) is 0 Å². The first-order valence-corrected chi connectivity index (χ1v) is 7.13. The summed E-state index contributed by atoms with van der Waals surface area (Å²) >= 11 is 0. The van der Waals surface area contributed by atoms with Crippen LogP contribution >= 0.6 is 0 Å². The van der Waals surface area contributed by atoms with Gasteiger partial charge in [0.2, 0.25) is 0 Å². The van der Waals surface area contributed by atoms with Gasteiger partial charge in [0.15, 0.2) is 6.29 Å². The predicted molar refractivity (Wildman–Crippen MR) is 67.5 cm³/mol. The van der Waals surface area contributed by atoms with Crippen LogP contribution in [0.1, 0.15) is 71.6 Å². The van der Waals surface area contributed by atoms with E-state index in [9.17, 15) is 0 Å². The van der Waals surface area contributed by atoms with Crippen LogP contribution in [0.2, 0.25) is 0 Å². The Morgan fingerprint density at radius 1 is 1.19 bits per heavy atom. The molecule has 2 unspecified atom stereocenters. The van der Waals surface area contributed by atoms with Gasteiger partial charge in [-0.25, -0.2) is 0 Å². The van der Waals surface area contributed by atoms with E-state index >= 15 is 0 Å². The molecule has 0 N–H and O–H groups in total. The third kappa shape index (κ3) is 5.86. The van der Waals surface area contributed by atoms with Gasteiger partial charge in [-0.1, -0.05) is 39.5 Å². The van der Waals surface area contributed by atoms with Crippen molar-refractivity contribution < 1.29 is 9.47 Å². The summed E-state index contributed by atoms with van der Waals surface area (Å²) in [7, 11) is 0. The van der Waals surface area contributed by atoms with Gasteiger partial charge in [-0.15, -0.1) is 0 Å². The summed E-state index contributed by atoms with van der Waals surface area (Å²) in [6, 6.07) is 0. The van der Waals surface area contributed by atoms with Gasteiger partial charge < -0.3 is 9.47 Å². The maximum atomic E-state index is 6.00. The second kappa shape index (κ2) is 9.00. The minimum absolute atomic E-state index is 0.0878. The smallest absolute Gasteiger partial charge is 0.157 e. The molecule has 1 fully saturated rings. The van der Waals surface area contributed by atoms with E-state index in [-0.39, 0.29) is 6.29 Å². The Morgan fingerprint density at radius 2 is 2.06 bits per heavy atom. The van der Waals surface area contributed by atoms with Gasteiger partial charge >= 0.3 is 0 Å². The lowest BCUT2D eigenvalue weighted by atomic mass is 10.1. The molecule has 1 aliphatic heterocycles. The van der Waals surface area contributed by atoms with Crippen molar-refractivity contribution in [1.82, 2.24) is 0 Å². The van der Waals surface area contributed by atoms with E-state index in [0.29, 0.717) is 6.10 Å². The van der Waals surface area contributed by atoms with E-state index in [2.05, 4.69) is 13.8 Å². The van der Waals surface area contributed by atoms with Gasteiger partial charge in [0.1, 0.15) is 0 Å². The van der Waals surface area contributed by atoms with Crippen LogP contribution in [-0.4, -0.2) is 19.0 Å². The van der Waals surface area contributed by atoms with Crippen LogP contribution in [-0.2, 0) is 9.47 Å². The normalized spacial score (nSPS) is 23.2. The molecule has 96 valence electrons. The summed E-state index contributed by atoms with van der Waals surface area (Å²) in [5, 5.41) is 0. The summed E-state index contributed by atoms with van der Waals surface area (Å²) < 4.78 is 11.6.